The zero-order valence-electron chi connectivity index (χ0n) is 17.5. The second-order valence-electron chi connectivity index (χ2n) is 8.75. The summed E-state index contributed by atoms with van der Waals surface area (Å²) in [6, 6.07) is 5.04. The molecule has 28 heavy (non-hydrogen) atoms. The van der Waals surface area contributed by atoms with E-state index in [-0.39, 0.29) is 11.7 Å². The summed E-state index contributed by atoms with van der Waals surface area (Å²) in [4.78, 5) is 15.3. The van der Waals surface area contributed by atoms with Crippen molar-refractivity contribution in [2.75, 3.05) is 39.8 Å². The van der Waals surface area contributed by atoms with Gasteiger partial charge in [0.25, 0.3) is 5.91 Å². The number of carbonyl (C=O) groups excluding carboxylic acids is 1. The lowest BCUT2D eigenvalue weighted by atomic mass is 9.78. The highest BCUT2D eigenvalue weighted by atomic mass is 19.1. The van der Waals surface area contributed by atoms with Crippen LogP contribution in [0, 0.1) is 17.7 Å². The van der Waals surface area contributed by atoms with E-state index in [0.717, 1.165) is 50.5 Å². The molecule has 0 unspecified atom stereocenters. The van der Waals surface area contributed by atoms with Gasteiger partial charge in [-0.05, 0) is 36.5 Å². The van der Waals surface area contributed by atoms with Crippen LogP contribution in [0.2, 0.25) is 0 Å². The number of hydrogen-bond donors (Lipinski definition) is 3. The number of quaternary nitrogens is 2. The van der Waals surface area contributed by atoms with Crippen LogP contribution in [-0.2, 0) is 11.3 Å². The first kappa shape index (κ1) is 21.1. The van der Waals surface area contributed by atoms with Gasteiger partial charge in [0, 0.05) is 6.04 Å². The number of nitrogens with one attached hydrogen (secondary N) is 3. The minimum absolute atomic E-state index is 0.191. The number of benzene rings is 1. The number of rotatable bonds is 6. The Morgan fingerprint density at radius 1 is 1.18 bits per heavy atom. The number of methoxy groups -OCH3 is 1. The third-order valence-corrected chi connectivity index (χ3v) is 6.81. The predicted octanol–water partition coefficient (Wildman–Crippen LogP) is 0.0586. The Hall–Kier alpha value is -1.66. The molecule has 1 saturated carbocycles. The molecule has 1 saturated heterocycles. The van der Waals surface area contributed by atoms with Gasteiger partial charge in [0.2, 0.25) is 0 Å². The Bertz CT molecular complexity index is 661. The van der Waals surface area contributed by atoms with Crippen LogP contribution in [0.1, 0.15) is 38.7 Å². The molecule has 1 aliphatic carbocycles. The third-order valence-electron chi connectivity index (χ3n) is 6.81. The lowest BCUT2D eigenvalue weighted by molar-refractivity contribution is -1.02. The second kappa shape index (κ2) is 9.70. The number of halogens is 1. The lowest BCUT2D eigenvalue weighted by Gasteiger charge is -2.35. The van der Waals surface area contributed by atoms with E-state index in [4.69, 9.17) is 4.74 Å². The van der Waals surface area contributed by atoms with E-state index < -0.39 is 0 Å². The van der Waals surface area contributed by atoms with E-state index in [0.29, 0.717) is 24.4 Å². The maximum Gasteiger partial charge on any atom is 0.275 e. The smallest absolute Gasteiger partial charge is 0.275 e. The fourth-order valence-electron chi connectivity index (χ4n) is 4.74. The van der Waals surface area contributed by atoms with Crippen molar-refractivity contribution in [3.8, 4) is 5.75 Å². The molecule has 1 heterocycles. The molecule has 1 amide bonds. The van der Waals surface area contributed by atoms with Gasteiger partial charge in [-0.3, -0.25) is 4.79 Å². The minimum atomic E-state index is -0.220. The Kier molecular flexibility index (Phi) is 7.30. The van der Waals surface area contributed by atoms with E-state index in [1.807, 2.05) is 0 Å². The standard InChI is InChI=1S/C22H34FN3O2/c1-16-5-4-6-20(17(16)2)24-22(27)15-26-11-9-25(10-12-26)14-18-13-19(23)7-8-21(18)28-3/h7-8,13,16-17,20H,4-6,9-12,14-15H2,1-3H3,(H,24,27)/p+2/t16-,17+,20+/m0/s1. The average Bonchev–Trinajstić information content (AvgIpc) is 2.67. The summed E-state index contributed by atoms with van der Waals surface area (Å²) in [6.07, 6.45) is 3.61. The highest BCUT2D eigenvalue weighted by molar-refractivity contribution is 5.77. The Balaban J connectivity index is 1.44. The zero-order chi connectivity index (χ0) is 20.1. The molecule has 1 aromatic carbocycles. The molecule has 0 radical (unpaired) electrons. The van der Waals surface area contributed by atoms with Crippen LogP contribution >= 0.6 is 0 Å². The molecule has 0 spiro atoms. The van der Waals surface area contributed by atoms with Crippen molar-refractivity contribution in [2.24, 2.45) is 11.8 Å². The quantitative estimate of drug-likeness (QED) is 0.640. The summed E-state index contributed by atoms with van der Waals surface area (Å²) in [6.45, 7) is 9.80. The lowest BCUT2D eigenvalue weighted by Crippen LogP contribution is -3.28. The molecule has 1 aliphatic heterocycles. The first-order chi connectivity index (χ1) is 13.5. The summed E-state index contributed by atoms with van der Waals surface area (Å²) < 4.78 is 18.9. The molecule has 156 valence electrons. The first-order valence-electron chi connectivity index (χ1n) is 10.7. The van der Waals surface area contributed by atoms with Crippen molar-refractivity contribution in [3.05, 3.63) is 29.6 Å². The van der Waals surface area contributed by atoms with Crippen LogP contribution in [0.4, 0.5) is 4.39 Å². The SMILES string of the molecule is COc1ccc(F)cc1C[NH+]1CC[NH+](CC(=O)N[C@@H]2CCC[C@H](C)[C@H]2C)CC1. The molecule has 5 nitrogen and oxygen atoms in total. The zero-order valence-corrected chi connectivity index (χ0v) is 17.5. The van der Waals surface area contributed by atoms with Crippen molar-refractivity contribution >= 4 is 5.91 Å². The molecule has 6 heteroatoms. The summed E-state index contributed by atoms with van der Waals surface area (Å²) in [5.74, 6) is 1.98. The van der Waals surface area contributed by atoms with Crippen molar-refractivity contribution in [2.45, 2.75) is 45.7 Å². The first-order valence-corrected chi connectivity index (χ1v) is 10.7. The number of amides is 1. The highest BCUT2D eigenvalue weighted by Gasteiger charge is 2.30. The van der Waals surface area contributed by atoms with Gasteiger partial charge in [0.15, 0.2) is 6.54 Å². The van der Waals surface area contributed by atoms with Crippen LogP contribution in [0.5, 0.6) is 5.75 Å². The maximum absolute atomic E-state index is 13.6. The summed E-state index contributed by atoms with van der Waals surface area (Å²) in [5.41, 5.74) is 0.916. The van der Waals surface area contributed by atoms with E-state index in [1.165, 1.54) is 28.7 Å². The summed E-state index contributed by atoms with van der Waals surface area (Å²) >= 11 is 0. The van der Waals surface area contributed by atoms with Crippen molar-refractivity contribution in [1.82, 2.24) is 5.32 Å². The molecule has 2 fully saturated rings. The highest BCUT2D eigenvalue weighted by Crippen LogP contribution is 2.29. The molecule has 3 atom stereocenters. The third kappa shape index (κ3) is 5.45. The van der Waals surface area contributed by atoms with Gasteiger partial charge in [-0.2, -0.15) is 0 Å². The number of ether oxygens (including phenoxy) is 1. The number of hydrogen-bond acceptors (Lipinski definition) is 2. The Morgan fingerprint density at radius 3 is 2.61 bits per heavy atom. The molecular weight excluding hydrogens is 357 g/mol. The van der Waals surface area contributed by atoms with E-state index in [2.05, 4.69) is 19.2 Å². The summed E-state index contributed by atoms with van der Waals surface area (Å²) in [5, 5.41) is 3.29. The predicted molar refractivity (Wildman–Crippen MR) is 107 cm³/mol. The fraction of sp³-hybridized carbons (Fsp3) is 0.682. The van der Waals surface area contributed by atoms with E-state index >= 15 is 0 Å². The molecule has 1 aromatic rings. The monoisotopic (exact) mass is 393 g/mol. The largest absolute Gasteiger partial charge is 0.496 e. The van der Waals surface area contributed by atoms with Crippen molar-refractivity contribution < 1.29 is 23.7 Å². The van der Waals surface area contributed by atoms with Crippen LogP contribution in [0.3, 0.4) is 0 Å². The van der Waals surface area contributed by atoms with Gasteiger partial charge >= 0.3 is 0 Å². The van der Waals surface area contributed by atoms with E-state index in [1.54, 1.807) is 19.2 Å². The van der Waals surface area contributed by atoms with Crippen molar-refractivity contribution in [3.63, 3.8) is 0 Å². The summed E-state index contributed by atoms with van der Waals surface area (Å²) in [7, 11) is 1.63. The Labute approximate surface area is 168 Å². The Morgan fingerprint density at radius 2 is 1.89 bits per heavy atom. The molecule has 3 rings (SSSR count). The molecular formula is C22H36FN3O2+2. The van der Waals surface area contributed by atoms with Crippen LogP contribution in [-0.4, -0.2) is 51.8 Å². The normalized spacial score (nSPS) is 30.6. The maximum atomic E-state index is 13.6. The van der Waals surface area contributed by atoms with Gasteiger partial charge in [0.05, 0.1) is 12.7 Å². The van der Waals surface area contributed by atoms with Gasteiger partial charge in [-0.25, -0.2) is 4.39 Å². The molecule has 3 N–H and O–H groups in total. The topological polar surface area (TPSA) is 47.2 Å². The second-order valence-corrected chi connectivity index (χ2v) is 8.75. The minimum Gasteiger partial charge on any atom is -0.496 e. The van der Waals surface area contributed by atoms with Gasteiger partial charge < -0.3 is 19.9 Å². The van der Waals surface area contributed by atoms with Crippen molar-refractivity contribution in [1.29, 1.82) is 0 Å². The van der Waals surface area contributed by atoms with Crippen LogP contribution < -0.4 is 19.9 Å². The number of carbonyl (C=O) groups is 1. The van der Waals surface area contributed by atoms with Gasteiger partial charge in [-0.1, -0.05) is 26.7 Å². The van der Waals surface area contributed by atoms with Gasteiger partial charge in [0.1, 0.15) is 44.3 Å². The molecule has 2 aliphatic rings. The fourth-order valence-corrected chi connectivity index (χ4v) is 4.74. The van der Waals surface area contributed by atoms with Gasteiger partial charge in [-0.15, -0.1) is 0 Å². The van der Waals surface area contributed by atoms with Crippen LogP contribution in [0.15, 0.2) is 18.2 Å². The average molecular weight is 394 g/mol. The van der Waals surface area contributed by atoms with E-state index in [9.17, 15) is 9.18 Å². The number of piperazine rings is 1. The van der Waals surface area contributed by atoms with Crippen LogP contribution in [0.25, 0.3) is 0 Å². The molecule has 0 bridgehead atoms. The molecule has 0 aromatic heterocycles.